The molecule has 0 fully saturated rings. The van der Waals surface area contributed by atoms with E-state index < -0.39 is 0 Å². The van der Waals surface area contributed by atoms with Crippen molar-refractivity contribution in [2.45, 2.75) is 33.6 Å². The number of nitrogens with zero attached hydrogens (tertiary/aromatic N) is 1. The fourth-order valence-corrected chi connectivity index (χ4v) is 1.62. The zero-order chi connectivity index (χ0) is 11.3. The highest BCUT2D eigenvalue weighted by molar-refractivity contribution is 5.56. The molecule has 0 saturated carbocycles. The lowest BCUT2D eigenvalue weighted by atomic mass is 10.1. The second-order valence-electron chi connectivity index (χ2n) is 3.98. The Morgan fingerprint density at radius 2 is 2.00 bits per heavy atom. The zero-order valence-electron chi connectivity index (χ0n) is 10.2. The summed E-state index contributed by atoms with van der Waals surface area (Å²) in [7, 11) is 2.13. The van der Waals surface area contributed by atoms with Crippen molar-refractivity contribution in [1.29, 1.82) is 0 Å². The van der Waals surface area contributed by atoms with Crippen molar-refractivity contribution in [1.82, 2.24) is 0 Å². The topological polar surface area (TPSA) is 3.24 Å². The second kappa shape index (κ2) is 5.59. The van der Waals surface area contributed by atoms with E-state index in [4.69, 9.17) is 0 Å². The molecule has 15 heavy (non-hydrogen) atoms. The zero-order valence-corrected chi connectivity index (χ0v) is 10.2. The molecule has 1 heteroatoms. The second-order valence-corrected chi connectivity index (χ2v) is 3.98. The fraction of sp³-hybridized carbons (Fsp3) is 0.429. The van der Waals surface area contributed by atoms with Crippen molar-refractivity contribution in [2.75, 3.05) is 11.9 Å². The van der Waals surface area contributed by atoms with Crippen LogP contribution in [-0.2, 0) is 0 Å². The van der Waals surface area contributed by atoms with E-state index in [9.17, 15) is 0 Å². The van der Waals surface area contributed by atoms with Crippen LogP contribution in [0, 0.1) is 6.92 Å². The first-order valence-electron chi connectivity index (χ1n) is 5.63. The van der Waals surface area contributed by atoms with Crippen LogP contribution in [0.15, 0.2) is 36.0 Å². The smallest absolute Gasteiger partial charge is 0.0435 e. The summed E-state index contributed by atoms with van der Waals surface area (Å²) < 4.78 is 0. The van der Waals surface area contributed by atoms with E-state index in [1.54, 1.807) is 0 Å². The number of allylic oxidation sites excluding steroid dienone is 2. The molecule has 1 aromatic rings. The van der Waals surface area contributed by atoms with Crippen molar-refractivity contribution in [3.63, 3.8) is 0 Å². The molecule has 1 aromatic carbocycles. The molecule has 0 spiro atoms. The summed E-state index contributed by atoms with van der Waals surface area (Å²) in [6.45, 7) is 6.53. The SMILES string of the molecule is CCCC=C(C)N(C)c1ccccc1C. The van der Waals surface area contributed by atoms with Gasteiger partial charge in [-0.2, -0.15) is 0 Å². The van der Waals surface area contributed by atoms with Crippen LogP contribution >= 0.6 is 0 Å². The average molecular weight is 203 g/mol. The molecule has 0 bridgehead atoms. The molecule has 82 valence electrons. The van der Waals surface area contributed by atoms with Gasteiger partial charge in [0.2, 0.25) is 0 Å². The molecular weight excluding hydrogens is 182 g/mol. The fourth-order valence-electron chi connectivity index (χ4n) is 1.62. The summed E-state index contributed by atoms with van der Waals surface area (Å²) in [6, 6.07) is 8.49. The van der Waals surface area contributed by atoms with Crippen LogP contribution in [0.2, 0.25) is 0 Å². The van der Waals surface area contributed by atoms with E-state index >= 15 is 0 Å². The van der Waals surface area contributed by atoms with Gasteiger partial charge in [0.15, 0.2) is 0 Å². The highest BCUT2D eigenvalue weighted by Crippen LogP contribution is 2.21. The minimum Gasteiger partial charge on any atom is -0.349 e. The number of hydrogen-bond donors (Lipinski definition) is 0. The minimum absolute atomic E-state index is 1.15. The first-order valence-corrected chi connectivity index (χ1v) is 5.63. The van der Waals surface area contributed by atoms with Gasteiger partial charge in [0, 0.05) is 18.4 Å². The Labute approximate surface area is 93.4 Å². The molecule has 1 rings (SSSR count). The van der Waals surface area contributed by atoms with Crippen LogP contribution in [0.1, 0.15) is 32.3 Å². The van der Waals surface area contributed by atoms with Crippen LogP contribution < -0.4 is 4.90 Å². The average Bonchev–Trinajstić information content (AvgIpc) is 2.25. The van der Waals surface area contributed by atoms with Gasteiger partial charge in [-0.15, -0.1) is 0 Å². The van der Waals surface area contributed by atoms with E-state index in [-0.39, 0.29) is 0 Å². The van der Waals surface area contributed by atoms with E-state index in [0.717, 1.165) is 6.42 Å². The van der Waals surface area contributed by atoms with Gasteiger partial charge in [-0.25, -0.2) is 0 Å². The Bertz CT molecular complexity index is 339. The Hall–Kier alpha value is -1.24. The highest BCUT2D eigenvalue weighted by Gasteiger charge is 2.04. The maximum Gasteiger partial charge on any atom is 0.0435 e. The molecule has 0 amide bonds. The molecule has 0 aliphatic rings. The normalized spacial score (nSPS) is 11.6. The Kier molecular flexibility index (Phi) is 4.41. The van der Waals surface area contributed by atoms with E-state index in [0.29, 0.717) is 0 Å². The van der Waals surface area contributed by atoms with Crippen LogP contribution in [0.25, 0.3) is 0 Å². The first-order chi connectivity index (χ1) is 7.16. The summed E-state index contributed by atoms with van der Waals surface area (Å²) in [5.74, 6) is 0. The lowest BCUT2D eigenvalue weighted by Crippen LogP contribution is -2.15. The van der Waals surface area contributed by atoms with Gasteiger partial charge in [0.25, 0.3) is 0 Å². The third kappa shape index (κ3) is 3.12. The summed E-state index contributed by atoms with van der Waals surface area (Å²) in [5.41, 5.74) is 3.94. The molecule has 0 N–H and O–H groups in total. The number of aryl methyl sites for hydroxylation is 1. The van der Waals surface area contributed by atoms with E-state index in [1.165, 1.54) is 23.4 Å². The van der Waals surface area contributed by atoms with Gasteiger partial charge >= 0.3 is 0 Å². The molecule has 0 aliphatic carbocycles. The highest BCUT2D eigenvalue weighted by atomic mass is 15.1. The number of rotatable bonds is 4. The first kappa shape index (κ1) is 11.8. The minimum atomic E-state index is 1.15. The standard InChI is InChI=1S/C14H21N/c1-5-6-10-13(3)15(4)14-11-8-7-9-12(14)2/h7-11H,5-6H2,1-4H3. The third-order valence-electron chi connectivity index (χ3n) is 2.73. The van der Waals surface area contributed by atoms with Gasteiger partial charge in [-0.1, -0.05) is 37.6 Å². The van der Waals surface area contributed by atoms with Crippen LogP contribution in [0.5, 0.6) is 0 Å². The summed E-state index contributed by atoms with van der Waals surface area (Å²) in [6.07, 6.45) is 4.66. The quantitative estimate of drug-likeness (QED) is 0.711. The lowest BCUT2D eigenvalue weighted by Gasteiger charge is -2.22. The number of unbranched alkanes of at least 4 members (excludes halogenated alkanes) is 1. The van der Waals surface area contributed by atoms with E-state index in [2.05, 4.69) is 63.1 Å². The number of hydrogen-bond acceptors (Lipinski definition) is 1. The maximum absolute atomic E-state index is 2.30. The largest absolute Gasteiger partial charge is 0.349 e. The molecule has 0 radical (unpaired) electrons. The van der Waals surface area contributed by atoms with Gasteiger partial charge < -0.3 is 4.90 Å². The molecule has 0 aliphatic heterocycles. The monoisotopic (exact) mass is 203 g/mol. The van der Waals surface area contributed by atoms with Crippen molar-refractivity contribution in [3.8, 4) is 0 Å². The lowest BCUT2D eigenvalue weighted by molar-refractivity contribution is 0.933. The number of para-hydroxylation sites is 1. The number of anilines is 1. The molecule has 0 atom stereocenters. The van der Waals surface area contributed by atoms with Crippen molar-refractivity contribution in [3.05, 3.63) is 41.6 Å². The van der Waals surface area contributed by atoms with Crippen LogP contribution in [0.3, 0.4) is 0 Å². The summed E-state index contributed by atoms with van der Waals surface area (Å²) in [4.78, 5) is 2.25. The van der Waals surface area contributed by atoms with Crippen LogP contribution in [0.4, 0.5) is 5.69 Å². The van der Waals surface area contributed by atoms with Crippen molar-refractivity contribution >= 4 is 5.69 Å². The van der Waals surface area contributed by atoms with Crippen molar-refractivity contribution < 1.29 is 0 Å². The predicted octanol–water partition coefficient (Wildman–Crippen LogP) is 4.14. The van der Waals surface area contributed by atoms with Gasteiger partial charge in [0.1, 0.15) is 0 Å². The molecule has 0 unspecified atom stereocenters. The Morgan fingerprint density at radius 1 is 1.33 bits per heavy atom. The molecule has 0 aromatic heterocycles. The summed E-state index contributed by atoms with van der Waals surface area (Å²) in [5, 5.41) is 0. The van der Waals surface area contributed by atoms with Gasteiger partial charge in [-0.05, 0) is 31.9 Å². The molecule has 0 saturated heterocycles. The summed E-state index contributed by atoms with van der Waals surface area (Å²) >= 11 is 0. The predicted molar refractivity (Wildman–Crippen MR) is 68.2 cm³/mol. The molecular formula is C14H21N. The third-order valence-corrected chi connectivity index (χ3v) is 2.73. The van der Waals surface area contributed by atoms with Crippen LogP contribution in [-0.4, -0.2) is 7.05 Å². The molecule has 0 heterocycles. The van der Waals surface area contributed by atoms with Gasteiger partial charge in [0.05, 0.1) is 0 Å². The Morgan fingerprint density at radius 3 is 2.60 bits per heavy atom. The van der Waals surface area contributed by atoms with Gasteiger partial charge in [-0.3, -0.25) is 0 Å². The maximum atomic E-state index is 2.30. The van der Waals surface area contributed by atoms with Crippen molar-refractivity contribution in [2.24, 2.45) is 0 Å². The molecule has 1 nitrogen and oxygen atoms in total. The van der Waals surface area contributed by atoms with E-state index in [1.807, 2.05) is 0 Å². The number of benzene rings is 1. The Balaban J connectivity index is 2.85.